The second-order valence-electron chi connectivity index (χ2n) is 8.59. The van der Waals surface area contributed by atoms with Crippen LogP contribution in [0, 0.1) is 20.8 Å². The van der Waals surface area contributed by atoms with E-state index in [4.69, 9.17) is 0 Å². The zero-order valence-corrected chi connectivity index (χ0v) is 20.1. The van der Waals surface area contributed by atoms with Crippen molar-refractivity contribution >= 4 is 33.4 Å². The molecule has 0 aliphatic carbocycles. The highest BCUT2D eigenvalue weighted by Crippen LogP contribution is 2.39. The molecule has 0 bridgehead atoms. The molecular weight excluding hydrogens is 428 g/mol. The number of nitrogens with zero attached hydrogens (tertiary/aromatic N) is 2. The zero-order chi connectivity index (χ0) is 22.2. The van der Waals surface area contributed by atoms with Gasteiger partial charge in [-0.1, -0.05) is 30.5 Å². The molecule has 1 saturated heterocycles. The van der Waals surface area contributed by atoms with Crippen molar-refractivity contribution in [2.24, 2.45) is 0 Å². The van der Waals surface area contributed by atoms with E-state index in [1.807, 2.05) is 6.07 Å². The van der Waals surface area contributed by atoms with E-state index in [0.717, 1.165) is 47.3 Å². The summed E-state index contributed by atoms with van der Waals surface area (Å²) in [7, 11) is -3.57. The third-order valence-corrected chi connectivity index (χ3v) is 9.17. The molecule has 1 amide bonds. The maximum atomic E-state index is 13.3. The summed E-state index contributed by atoms with van der Waals surface area (Å²) in [5.41, 5.74) is 5.33. The SMILES string of the molecule is Cc1cc(C)c(CN2C(=O)CSc3ccc(S(=O)(=O)N4CCCCCC4)cc32)c(C)c1. The highest BCUT2D eigenvalue weighted by Gasteiger charge is 2.30. The summed E-state index contributed by atoms with van der Waals surface area (Å²) in [6.07, 6.45) is 3.95. The quantitative estimate of drug-likeness (QED) is 0.659. The molecule has 2 aromatic carbocycles. The van der Waals surface area contributed by atoms with E-state index >= 15 is 0 Å². The van der Waals surface area contributed by atoms with E-state index in [2.05, 4.69) is 32.9 Å². The van der Waals surface area contributed by atoms with Crippen molar-refractivity contribution in [1.29, 1.82) is 0 Å². The second kappa shape index (κ2) is 8.96. The van der Waals surface area contributed by atoms with Gasteiger partial charge in [-0.3, -0.25) is 4.79 Å². The number of carbonyl (C=O) groups excluding carboxylic acids is 1. The first kappa shape index (κ1) is 22.4. The molecule has 0 aromatic heterocycles. The number of hydrogen-bond donors (Lipinski definition) is 0. The van der Waals surface area contributed by atoms with Gasteiger partial charge in [0.25, 0.3) is 0 Å². The highest BCUT2D eigenvalue weighted by molar-refractivity contribution is 8.00. The number of fused-ring (bicyclic) bond motifs is 1. The van der Waals surface area contributed by atoms with Crippen molar-refractivity contribution in [3.05, 3.63) is 52.6 Å². The van der Waals surface area contributed by atoms with Gasteiger partial charge in [0.15, 0.2) is 0 Å². The monoisotopic (exact) mass is 458 g/mol. The molecule has 0 unspecified atom stereocenters. The van der Waals surface area contributed by atoms with E-state index in [9.17, 15) is 13.2 Å². The summed E-state index contributed by atoms with van der Waals surface area (Å²) in [6.45, 7) is 7.80. The van der Waals surface area contributed by atoms with Crippen LogP contribution in [0.5, 0.6) is 0 Å². The molecule has 166 valence electrons. The predicted molar refractivity (Wildman–Crippen MR) is 126 cm³/mol. The van der Waals surface area contributed by atoms with E-state index in [0.29, 0.717) is 31.1 Å². The normalized spacial score (nSPS) is 18.0. The van der Waals surface area contributed by atoms with Gasteiger partial charge < -0.3 is 4.90 Å². The molecule has 2 aliphatic rings. The minimum Gasteiger partial charge on any atom is -0.306 e. The molecule has 2 aromatic rings. The Labute approximate surface area is 189 Å². The number of benzene rings is 2. The number of thioether (sulfide) groups is 1. The van der Waals surface area contributed by atoms with Gasteiger partial charge in [0.2, 0.25) is 15.9 Å². The predicted octanol–water partition coefficient (Wildman–Crippen LogP) is 4.82. The van der Waals surface area contributed by atoms with Crippen LogP contribution >= 0.6 is 11.8 Å². The van der Waals surface area contributed by atoms with Crippen molar-refractivity contribution in [3.63, 3.8) is 0 Å². The number of anilines is 1. The van der Waals surface area contributed by atoms with Crippen molar-refractivity contribution < 1.29 is 13.2 Å². The van der Waals surface area contributed by atoms with Gasteiger partial charge in [-0.25, -0.2) is 8.42 Å². The van der Waals surface area contributed by atoms with Crippen LogP contribution in [0.3, 0.4) is 0 Å². The third-order valence-electron chi connectivity index (χ3n) is 6.23. The van der Waals surface area contributed by atoms with Gasteiger partial charge in [-0.05, 0) is 68.5 Å². The number of sulfonamides is 1. The Kier molecular flexibility index (Phi) is 6.47. The second-order valence-corrected chi connectivity index (χ2v) is 11.5. The van der Waals surface area contributed by atoms with Gasteiger partial charge in [-0.2, -0.15) is 4.31 Å². The maximum absolute atomic E-state index is 13.3. The van der Waals surface area contributed by atoms with Gasteiger partial charge >= 0.3 is 0 Å². The lowest BCUT2D eigenvalue weighted by atomic mass is 9.99. The molecule has 0 saturated carbocycles. The summed E-state index contributed by atoms with van der Waals surface area (Å²) >= 11 is 1.48. The number of carbonyl (C=O) groups is 1. The number of aryl methyl sites for hydroxylation is 3. The standard InChI is InChI=1S/C24H30N2O3S2/c1-17-12-18(2)21(19(3)13-17)15-26-22-14-20(8-9-23(22)30-16-24(26)27)31(28,29)25-10-6-4-5-7-11-25/h8-9,12-14H,4-7,10-11,15-16H2,1-3H3. The van der Waals surface area contributed by atoms with Gasteiger partial charge in [0.05, 0.1) is 22.9 Å². The van der Waals surface area contributed by atoms with Crippen LogP contribution in [0.15, 0.2) is 40.1 Å². The van der Waals surface area contributed by atoms with Crippen LogP contribution in [0.1, 0.15) is 47.9 Å². The summed E-state index contributed by atoms with van der Waals surface area (Å²) in [5.74, 6) is 0.385. The Morgan fingerprint density at radius 2 is 1.58 bits per heavy atom. The average molecular weight is 459 g/mol. The topological polar surface area (TPSA) is 57.7 Å². The van der Waals surface area contributed by atoms with E-state index in [-0.39, 0.29) is 10.8 Å². The van der Waals surface area contributed by atoms with Crippen LogP contribution in [-0.2, 0) is 21.4 Å². The Hall–Kier alpha value is -1.83. The summed E-state index contributed by atoms with van der Waals surface area (Å²) in [6, 6.07) is 9.53. The maximum Gasteiger partial charge on any atom is 0.243 e. The first-order valence-corrected chi connectivity index (χ1v) is 13.3. The van der Waals surface area contributed by atoms with Gasteiger partial charge in [-0.15, -0.1) is 11.8 Å². The zero-order valence-electron chi connectivity index (χ0n) is 18.5. The van der Waals surface area contributed by atoms with Crippen molar-refractivity contribution in [1.82, 2.24) is 4.31 Å². The largest absolute Gasteiger partial charge is 0.306 e. The number of hydrogen-bond acceptors (Lipinski definition) is 4. The minimum absolute atomic E-state index is 0.0150. The fourth-order valence-corrected chi connectivity index (χ4v) is 7.02. The van der Waals surface area contributed by atoms with Crippen LogP contribution in [0.4, 0.5) is 5.69 Å². The molecule has 0 spiro atoms. The molecule has 2 heterocycles. The van der Waals surface area contributed by atoms with Crippen LogP contribution < -0.4 is 4.90 Å². The number of rotatable bonds is 4. The fraction of sp³-hybridized carbons (Fsp3) is 0.458. The minimum atomic E-state index is -3.57. The smallest absolute Gasteiger partial charge is 0.243 e. The lowest BCUT2D eigenvalue weighted by Gasteiger charge is -2.31. The number of amides is 1. The summed E-state index contributed by atoms with van der Waals surface area (Å²) in [4.78, 5) is 15.9. The molecule has 0 N–H and O–H groups in total. The van der Waals surface area contributed by atoms with Crippen LogP contribution in [0.2, 0.25) is 0 Å². The molecule has 4 rings (SSSR count). The lowest BCUT2D eigenvalue weighted by Crippen LogP contribution is -2.36. The Balaban J connectivity index is 1.71. The lowest BCUT2D eigenvalue weighted by molar-refractivity contribution is -0.116. The Morgan fingerprint density at radius 1 is 0.935 bits per heavy atom. The summed E-state index contributed by atoms with van der Waals surface area (Å²) < 4.78 is 28.3. The molecule has 0 radical (unpaired) electrons. The van der Waals surface area contributed by atoms with Crippen molar-refractivity contribution in [2.45, 2.75) is 62.8 Å². The molecule has 7 heteroatoms. The van der Waals surface area contributed by atoms with Gasteiger partial charge in [0, 0.05) is 18.0 Å². The van der Waals surface area contributed by atoms with Crippen molar-refractivity contribution in [2.75, 3.05) is 23.7 Å². The van der Waals surface area contributed by atoms with Crippen LogP contribution in [-0.4, -0.2) is 37.5 Å². The Bertz CT molecular complexity index is 1080. The summed E-state index contributed by atoms with van der Waals surface area (Å²) in [5, 5.41) is 0. The van der Waals surface area contributed by atoms with Gasteiger partial charge in [0.1, 0.15) is 0 Å². The molecule has 1 fully saturated rings. The van der Waals surface area contributed by atoms with E-state index in [1.54, 1.807) is 21.3 Å². The first-order chi connectivity index (χ1) is 14.8. The van der Waals surface area contributed by atoms with Crippen LogP contribution in [0.25, 0.3) is 0 Å². The molecular formula is C24H30N2O3S2. The molecule has 2 aliphatic heterocycles. The fourth-order valence-electron chi connectivity index (χ4n) is 4.56. The van der Waals surface area contributed by atoms with Crippen molar-refractivity contribution in [3.8, 4) is 0 Å². The Morgan fingerprint density at radius 3 is 2.23 bits per heavy atom. The molecule has 31 heavy (non-hydrogen) atoms. The third kappa shape index (κ3) is 4.54. The van der Waals surface area contributed by atoms with E-state index < -0.39 is 10.0 Å². The molecule has 0 atom stereocenters. The highest BCUT2D eigenvalue weighted by atomic mass is 32.2. The van der Waals surface area contributed by atoms with E-state index in [1.165, 1.54) is 17.3 Å². The average Bonchev–Trinajstić information content (AvgIpc) is 3.01. The first-order valence-electron chi connectivity index (χ1n) is 10.9. The molecule has 5 nitrogen and oxygen atoms in total.